The molecule has 0 spiro atoms. The fourth-order valence-electron chi connectivity index (χ4n) is 4.22. The molecule has 33 heavy (non-hydrogen) atoms. The van der Waals surface area contributed by atoms with Crippen LogP contribution in [0.25, 0.3) is 17.2 Å². The molecule has 1 N–H and O–H groups in total. The summed E-state index contributed by atoms with van der Waals surface area (Å²) in [5, 5.41) is 2.92. The lowest BCUT2D eigenvalue weighted by Crippen LogP contribution is -2.34. The third-order valence-electron chi connectivity index (χ3n) is 5.91. The zero-order valence-corrected chi connectivity index (χ0v) is 20.1. The van der Waals surface area contributed by atoms with Crippen molar-refractivity contribution in [2.75, 3.05) is 19.4 Å². The van der Waals surface area contributed by atoms with Crippen LogP contribution in [0.15, 0.2) is 52.9 Å². The van der Waals surface area contributed by atoms with Crippen molar-refractivity contribution >= 4 is 33.9 Å². The highest BCUT2D eigenvalue weighted by atomic mass is 32.2. The number of amides is 1. The minimum absolute atomic E-state index is 0.143. The van der Waals surface area contributed by atoms with E-state index in [1.165, 1.54) is 12.1 Å². The van der Waals surface area contributed by atoms with E-state index in [-0.39, 0.29) is 24.2 Å². The highest BCUT2D eigenvalue weighted by Gasteiger charge is 2.33. The Morgan fingerprint density at radius 2 is 1.94 bits per heavy atom. The minimum Gasteiger partial charge on any atom is -0.353 e. The first-order chi connectivity index (χ1) is 15.6. The van der Waals surface area contributed by atoms with Crippen molar-refractivity contribution in [3.8, 4) is 0 Å². The van der Waals surface area contributed by atoms with E-state index < -0.39 is 16.6 Å². The van der Waals surface area contributed by atoms with Gasteiger partial charge in [0.2, 0.25) is 5.91 Å². The standard InChI is InChI=1S/C26H28FNO4S/c1-16-22(11-17-5-8-20(9-6-17)33(4)30)21-10-7-18(27)12-24(21)23(16)13-25(29)28-14-19-15-31-26(2,3)32-19/h5-12,19H,13-15H2,1-4H3,(H,28,29). The smallest absolute Gasteiger partial charge is 0.224 e. The Kier molecular flexibility index (Phi) is 6.66. The number of hydrogen-bond acceptors (Lipinski definition) is 4. The largest absolute Gasteiger partial charge is 0.353 e. The van der Waals surface area contributed by atoms with Crippen LogP contribution in [0.5, 0.6) is 0 Å². The van der Waals surface area contributed by atoms with Crippen molar-refractivity contribution in [2.24, 2.45) is 0 Å². The number of rotatable bonds is 6. The molecule has 4 rings (SSSR count). The van der Waals surface area contributed by atoms with Crippen molar-refractivity contribution in [1.29, 1.82) is 0 Å². The number of carbonyl (C=O) groups excluding carboxylic acids is 1. The Labute approximate surface area is 196 Å². The summed E-state index contributed by atoms with van der Waals surface area (Å²) in [5.74, 6) is -1.13. The van der Waals surface area contributed by atoms with Crippen LogP contribution in [0.2, 0.25) is 0 Å². The van der Waals surface area contributed by atoms with Gasteiger partial charge in [-0.25, -0.2) is 4.39 Å². The summed E-state index contributed by atoms with van der Waals surface area (Å²) in [6, 6.07) is 12.2. The molecule has 0 aromatic heterocycles. The number of benzene rings is 2. The predicted molar refractivity (Wildman–Crippen MR) is 128 cm³/mol. The average molecular weight is 470 g/mol. The van der Waals surface area contributed by atoms with Gasteiger partial charge >= 0.3 is 0 Å². The summed E-state index contributed by atoms with van der Waals surface area (Å²) in [6.07, 6.45) is 3.62. The molecule has 1 heterocycles. The van der Waals surface area contributed by atoms with Crippen LogP contribution >= 0.6 is 0 Å². The molecule has 2 aliphatic rings. The van der Waals surface area contributed by atoms with E-state index >= 15 is 0 Å². The number of halogens is 1. The fourth-order valence-corrected chi connectivity index (χ4v) is 4.74. The Balaban J connectivity index is 1.56. The molecule has 0 saturated carbocycles. The average Bonchev–Trinajstić information content (AvgIpc) is 3.24. The lowest BCUT2D eigenvalue weighted by Gasteiger charge is -2.17. The second kappa shape index (κ2) is 9.33. The third-order valence-corrected chi connectivity index (χ3v) is 6.84. The van der Waals surface area contributed by atoms with Crippen LogP contribution in [0.1, 0.15) is 43.9 Å². The van der Waals surface area contributed by atoms with Gasteiger partial charge in [-0.3, -0.25) is 9.00 Å². The number of ether oxygens (including phenoxy) is 2. The van der Waals surface area contributed by atoms with Gasteiger partial charge in [0, 0.05) is 28.5 Å². The molecule has 2 aromatic carbocycles. The molecule has 1 aliphatic heterocycles. The molecule has 1 fully saturated rings. The topological polar surface area (TPSA) is 64.6 Å². The van der Waals surface area contributed by atoms with Crippen LogP contribution in [0.3, 0.4) is 0 Å². The number of nitrogens with one attached hydrogen (secondary N) is 1. The summed E-state index contributed by atoms with van der Waals surface area (Å²) < 4.78 is 37.0. The lowest BCUT2D eigenvalue weighted by atomic mass is 10.0. The van der Waals surface area contributed by atoms with Crippen molar-refractivity contribution in [3.05, 3.63) is 70.5 Å². The first-order valence-electron chi connectivity index (χ1n) is 10.9. The summed E-state index contributed by atoms with van der Waals surface area (Å²) in [5.41, 5.74) is 5.28. The SMILES string of the molecule is CC1=C(CC(=O)NCC2COC(C)(C)O2)c2cc(F)ccc2C1=Cc1ccc(S(C)=O)cc1. The van der Waals surface area contributed by atoms with Crippen molar-refractivity contribution < 1.29 is 22.9 Å². The molecule has 1 aliphatic carbocycles. The normalized spacial score (nSPS) is 21.4. The number of hydrogen-bond donors (Lipinski definition) is 1. The molecule has 0 radical (unpaired) electrons. The summed E-state index contributed by atoms with van der Waals surface area (Å²) in [7, 11) is -1.04. The van der Waals surface area contributed by atoms with Crippen molar-refractivity contribution in [1.82, 2.24) is 5.32 Å². The lowest BCUT2D eigenvalue weighted by molar-refractivity contribution is -0.139. The quantitative estimate of drug-likeness (QED) is 0.674. The molecule has 2 aromatic rings. The molecule has 1 amide bonds. The van der Waals surface area contributed by atoms with E-state index in [1.807, 2.05) is 51.1 Å². The van der Waals surface area contributed by atoms with Crippen LogP contribution in [-0.2, 0) is 25.1 Å². The molecule has 5 nitrogen and oxygen atoms in total. The van der Waals surface area contributed by atoms with Crippen LogP contribution in [-0.4, -0.2) is 41.4 Å². The second-order valence-electron chi connectivity index (χ2n) is 8.81. The van der Waals surface area contributed by atoms with Gasteiger partial charge in [0.05, 0.1) is 13.0 Å². The van der Waals surface area contributed by atoms with Gasteiger partial charge in [0.1, 0.15) is 11.9 Å². The van der Waals surface area contributed by atoms with Gasteiger partial charge in [0.15, 0.2) is 5.79 Å². The van der Waals surface area contributed by atoms with E-state index in [9.17, 15) is 13.4 Å². The molecule has 2 atom stereocenters. The molecular formula is C26H28FNO4S. The van der Waals surface area contributed by atoms with E-state index in [0.717, 1.165) is 38.3 Å². The van der Waals surface area contributed by atoms with Gasteiger partial charge in [-0.15, -0.1) is 0 Å². The Morgan fingerprint density at radius 1 is 1.21 bits per heavy atom. The Hall–Kier alpha value is -2.61. The van der Waals surface area contributed by atoms with Crippen LogP contribution in [0, 0.1) is 5.82 Å². The van der Waals surface area contributed by atoms with Gasteiger partial charge in [-0.2, -0.15) is 0 Å². The van der Waals surface area contributed by atoms with Gasteiger partial charge in [-0.05, 0) is 84.5 Å². The molecule has 0 bridgehead atoms. The molecule has 174 valence electrons. The van der Waals surface area contributed by atoms with Crippen LogP contribution < -0.4 is 5.32 Å². The first-order valence-corrected chi connectivity index (χ1v) is 12.4. The van der Waals surface area contributed by atoms with E-state index in [1.54, 1.807) is 12.3 Å². The van der Waals surface area contributed by atoms with E-state index in [4.69, 9.17) is 9.47 Å². The van der Waals surface area contributed by atoms with Gasteiger partial charge in [0.25, 0.3) is 0 Å². The van der Waals surface area contributed by atoms with E-state index in [0.29, 0.717) is 13.2 Å². The minimum atomic E-state index is -1.04. The maximum Gasteiger partial charge on any atom is 0.224 e. The zero-order chi connectivity index (χ0) is 23.8. The number of carbonyl (C=O) groups is 1. The van der Waals surface area contributed by atoms with Gasteiger partial charge in [-0.1, -0.05) is 18.2 Å². The molecule has 7 heteroatoms. The summed E-state index contributed by atoms with van der Waals surface area (Å²) >= 11 is 0. The molecule has 1 saturated heterocycles. The predicted octanol–water partition coefficient (Wildman–Crippen LogP) is 4.55. The number of allylic oxidation sites excluding steroid dienone is 2. The highest BCUT2D eigenvalue weighted by Crippen LogP contribution is 2.43. The maximum atomic E-state index is 14.1. The number of fused-ring (bicyclic) bond motifs is 1. The fraction of sp³-hybridized carbons (Fsp3) is 0.346. The van der Waals surface area contributed by atoms with Crippen LogP contribution in [0.4, 0.5) is 4.39 Å². The molecular weight excluding hydrogens is 441 g/mol. The maximum absolute atomic E-state index is 14.1. The van der Waals surface area contributed by atoms with E-state index in [2.05, 4.69) is 5.32 Å². The first kappa shape index (κ1) is 23.5. The third kappa shape index (κ3) is 5.32. The van der Waals surface area contributed by atoms with Crippen molar-refractivity contribution in [3.63, 3.8) is 0 Å². The highest BCUT2D eigenvalue weighted by molar-refractivity contribution is 7.84. The summed E-state index contributed by atoms with van der Waals surface area (Å²) in [4.78, 5) is 13.5. The Bertz CT molecular complexity index is 1170. The zero-order valence-electron chi connectivity index (χ0n) is 19.2. The second-order valence-corrected chi connectivity index (χ2v) is 10.2. The Morgan fingerprint density at radius 3 is 2.58 bits per heavy atom. The summed E-state index contributed by atoms with van der Waals surface area (Å²) in [6.45, 7) is 6.43. The van der Waals surface area contributed by atoms with Gasteiger partial charge < -0.3 is 14.8 Å². The monoisotopic (exact) mass is 469 g/mol. The molecule has 2 unspecified atom stereocenters. The van der Waals surface area contributed by atoms with Crippen molar-refractivity contribution in [2.45, 2.75) is 44.0 Å².